The molecule has 1 amide bonds. The number of anilines is 4. The fourth-order valence-corrected chi connectivity index (χ4v) is 4.60. The van der Waals surface area contributed by atoms with Crippen LogP contribution in [0.15, 0.2) is 54.0 Å². The molecule has 0 spiro atoms. The highest BCUT2D eigenvalue weighted by Crippen LogP contribution is 2.43. The van der Waals surface area contributed by atoms with E-state index in [2.05, 4.69) is 20.9 Å². The molecule has 0 saturated carbocycles. The lowest BCUT2D eigenvalue weighted by Gasteiger charge is -2.33. The lowest BCUT2D eigenvalue weighted by Crippen LogP contribution is -2.50. The molecule has 1 aromatic heterocycles. The van der Waals surface area contributed by atoms with E-state index in [0.717, 1.165) is 0 Å². The Morgan fingerprint density at radius 3 is 2.50 bits per heavy atom. The summed E-state index contributed by atoms with van der Waals surface area (Å²) in [4.78, 5) is 19.6. The van der Waals surface area contributed by atoms with Gasteiger partial charge in [-0.05, 0) is 24.3 Å². The van der Waals surface area contributed by atoms with E-state index >= 15 is 0 Å². The minimum absolute atomic E-state index is 0.162. The molecule has 3 N–H and O–H groups in total. The molecule has 5 rings (SSSR count). The Kier molecular flexibility index (Phi) is 5.40. The van der Waals surface area contributed by atoms with Crippen molar-refractivity contribution in [2.45, 2.75) is 12.1 Å². The lowest BCUT2D eigenvalue weighted by molar-refractivity contribution is -0.119. The van der Waals surface area contributed by atoms with Gasteiger partial charge in [-0.2, -0.15) is 0 Å². The Balaban J connectivity index is 1.59. The number of amides is 1. The second-order valence-corrected chi connectivity index (χ2v) is 8.40. The van der Waals surface area contributed by atoms with Crippen LogP contribution in [-0.2, 0) is 15.2 Å². The first kappa shape index (κ1) is 20.7. The topological polar surface area (TPSA) is 78.5 Å². The van der Waals surface area contributed by atoms with Gasteiger partial charge in [0.2, 0.25) is 5.66 Å². The van der Waals surface area contributed by atoms with Crippen molar-refractivity contribution < 1.29 is 18.3 Å². The number of fused-ring (bicyclic) bond motifs is 1. The zero-order valence-electron chi connectivity index (χ0n) is 17.0. The molecule has 2 aromatic carbocycles. The Hall–Kier alpha value is -3.24. The summed E-state index contributed by atoms with van der Waals surface area (Å²) in [6.07, 6.45) is -1.21. The third kappa shape index (κ3) is 3.65. The summed E-state index contributed by atoms with van der Waals surface area (Å²) in [5, 5.41) is 11.2. The largest absolute Gasteiger partial charge is 0.378 e. The normalized spacial score (nSPS) is 16.9. The third-order valence-electron chi connectivity index (χ3n) is 5.62. The van der Waals surface area contributed by atoms with Gasteiger partial charge in [0.15, 0.2) is 5.13 Å². The number of benzene rings is 2. The molecule has 166 valence electrons. The zero-order valence-corrected chi connectivity index (χ0v) is 17.8. The van der Waals surface area contributed by atoms with Crippen LogP contribution in [0.25, 0.3) is 0 Å². The SMILES string of the molecule is O=C(Nc1nccs1)C1(c2ccc(N3CCOCC3)cc2C(F)F)Nc2ccccc2N1. The number of thiazole rings is 1. The van der Waals surface area contributed by atoms with Crippen molar-refractivity contribution >= 4 is 39.4 Å². The van der Waals surface area contributed by atoms with Crippen LogP contribution in [0, 0.1) is 0 Å². The van der Waals surface area contributed by atoms with E-state index in [0.29, 0.717) is 48.5 Å². The lowest BCUT2D eigenvalue weighted by atomic mass is 9.92. The Bertz CT molecular complexity index is 1090. The van der Waals surface area contributed by atoms with Crippen LogP contribution >= 0.6 is 11.3 Å². The highest BCUT2D eigenvalue weighted by molar-refractivity contribution is 7.13. The second-order valence-electron chi connectivity index (χ2n) is 7.51. The van der Waals surface area contributed by atoms with Crippen molar-refractivity contribution in [1.82, 2.24) is 4.98 Å². The highest BCUT2D eigenvalue weighted by Gasteiger charge is 2.47. The number of aromatic nitrogens is 1. The number of ether oxygens (including phenoxy) is 1. The summed E-state index contributed by atoms with van der Waals surface area (Å²) in [6.45, 7) is 2.34. The smallest absolute Gasteiger partial charge is 0.277 e. The van der Waals surface area contributed by atoms with Crippen LogP contribution in [0.5, 0.6) is 0 Å². The van der Waals surface area contributed by atoms with Crippen molar-refractivity contribution in [2.24, 2.45) is 0 Å². The van der Waals surface area contributed by atoms with Crippen molar-refractivity contribution in [3.63, 3.8) is 0 Å². The molecular formula is C22H21F2N5O2S. The quantitative estimate of drug-likeness (QED) is 0.532. The number of hydrogen-bond acceptors (Lipinski definition) is 7. The van der Waals surface area contributed by atoms with Crippen molar-refractivity contribution in [3.05, 3.63) is 65.2 Å². The summed E-state index contributed by atoms with van der Waals surface area (Å²) in [6, 6.07) is 12.1. The van der Waals surface area contributed by atoms with Crippen molar-refractivity contribution in [1.29, 1.82) is 0 Å². The van der Waals surface area contributed by atoms with Gasteiger partial charge >= 0.3 is 0 Å². The molecule has 2 aliphatic heterocycles. The number of carbonyl (C=O) groups excluding carboxylic acids is 1. The van der Waals surface area contributed by atoms with Gasteiger partial charge in [0.25, 0.3) is 12.3 Å². The number of rotatable bonds is 5. The average molecular weight is 458 g/mol. The molecule has 0 aliphatic carbocycles. The number of alkyl halides is 2. The number of para-hydroxylation sites is 2. The molecule has 1 saturated heterocycles. The maximum Gasteiger partial charge on any atom is 0.277 e. The summed E-state index contributed by atoms with van der Waals surface area (Å²) >= 11 is 1.25. The number of nitrogens with zero attached hydrogens (tertiary/aromatic N) is 2. The molecule has 7 nitrogen and oxygen atoms in total. The van der Waals surface area contributed by atoms with E-state index in [1.807, 2.05) is 17.0 Å². The molecular weight excluding hydrogens is 436 g/mol. The Morgan fingerprint density at radius 2 is 1.88 bits per heavy atom. The fraction of sp³-hybridized carbons (Fsp3) is 0.273. The summed E-state index contributed by atoms with van der Waals surface area (Å²) in [5.74, 6) is -0.523. The molecule has 0 bridgehead atoms. The number of morpholine rings is 1. The van der Waals surface area contributed by atoms with Crippen LogP contribution in [-0.4, -0.2) is 37.2 Å². The van der Waals surface area contributed by atoms with Crippen LogP contribution in [0.3, 0.4) is 0 Å². The summed E-state index contributed by atoms with van der Waals surface area (Å²) in [5.41, 5.74) is 0.313. The summed E-state index contributed by atoms with van der Waals surface area (Å²) < 4.78 is 34.0. The standard InChI is InChI=1S/C22H21F2N5O2S/c23-19(24)15-13-14(29-8-10-31-11-9-29)5-6-16(15)22(20(30)26-21-25-7-12-32-21)27-17-3-1-2-4-18(17)28-22/h1-7,12-13,19,27-28H,8-11H2,(H,25,26,30). The van der Waals surface area contributed by atoms with Gasteiger partial charge in [0, 0.05) is 41.5 Å². The predicted octanol–water partition coefficient (Wildman–Crippen LogP) is 4.25. The Labute approximate surface area is 187 Å². The predicted molar refractivity (Wildman–Crippen MR) is 121 cm³/mol. The molecule has 3 heterocycles. The molecule has 32 heavy (non-hydrogen) atoms. The van der Waals surface area contributed by atoms with Gasteiger partial charge in [-0.25, -0.2) is 13.8 Å². The number of halogens is 2. The minimum atomic E-state index is -2.78. The van der Waals surface area contributed by atoms with Gasteiger partial charge in [0.05, 0.1) is 24.6 Å². The third-order valence-corrected chi connectivity index (χ3v) is 6.30. The molecule has 1 fully saturated rings. The van der Waals surface area contributed by atoms with Crippen LogP contribution in [0.1, 0.15) is 17.6 Å². The van der Waals surface area contributed by atoms with Crippen LogP contribution < -0.4 is 20.9 Å². The first-order valence-electron chi connectivity index (χ1n) is 10.2. The molecule has 2 aliphatic rings. The highest BCUT2D eigenvalue weighted by atomic mass is 32.1. The van der Waals surface area contributed by atoms with E-state index in [-0.39, 0.29) is 11.1 Å². The van der Waals surface area contributed by atoms with E-state index < -0.39 is 18.0 Å². The molecule has 0 radical (unpaired) electrons. The molecule has 3 aromatic rings. The fourth-order valence-electron chi connectivity index (χ4n) is 4.07. The van der Waals surface area contributed by atoms with E-state index in [1.165, 1.54) is 17.4 Å². The first-order valence-corrected chi connectivity index (χ1v) is 11.1. The first-order chi connectivity index (χ1) is 15.6. The van der Waals surface area contributed by atoms with Crippen molar-refractivity contribution in [3.8, 4) is 0 Å². The number of carbonyl (C=O) groups is 1. The Morgan fingerprint density at radius 1 is 1.16 bits per heavy atom. The van der Waals surface area contributed by atoms with E-state index in [4.69, 9.17) is 4.74 Å². The summed E-state index contributed by atoms with van der Waals surface area (Å²) in [7, 11) is 0. The number of nitrogens with one attached hydrogen (secondary N) is 3. The maximum absolute atomic E-state index is 14.3. The van der Waals surface area contributed by atoms with Gasteiger partial charge in [-0.3, -0.25) is 10.1 Å². The molecule has 0 atom stereocenters. The maximum atomic E-state index is 14.3. The minimum Gasteiger partial charge on any atom is -0.378 e. The van der Waals surface area contributed by atoms with Crippen LogP contribution in [0.4, 0.5) is 31.0 Å². The molecule has 10 heteroatoms. The monoisotopic (exact) mass is 457 g/mol. The number of hydrogen-bond donors (Lipinski definition) is 3. The van der Waals surface area contributed by atoms with E-state index in [9.17, 15) is 13.6 Å². The second kappa shape index (κ2) is 8.36. The van der Waals surface area contributed by atoms with Crippen molar-refractivity contribution in [2.75, 3.05) is 47.2 Å². The molecule has 0 unspecified atom stereocenters. The van der Waals surface area contributed by atoms with Gasteiger partial charge < -0.3 is 20.3 Å². The van der Waals surface area contributed by atoms with Gasteiger partial charge in [-0.1, -0.05) is 18.2 Å². The van der Waals surface area contributed by atoms with Crippen LogP contribution in [0.2, 0.25) is 0 Å². The average Bonchev–Trinajstić information content (AvgIpc) is 3.47. The zero-order chi connectivity index (χ0) is 22.1. The van der Waals surface area contributed by atoms with Gasteiger partial charge in [-0.15, -0.1) is 11.3 Å². The van der Waals surface area contributed by atoms with E-state index in [1.54, 1.807) is 35.8 Å². The van der Waals surface area contributed by atoms with Gasteiger partial charge in [0.1, 0.15) is 0 Å².